The van der Waals surface area contributed by atoms with Gasteiger partial charge in [0.1, 0.15) is 0 Å². The van der Waals surface area contributed by atoms with Crippen molar-refractivity contribution in [3.8, 4) is 0 Å². The number of aliphatic hydroxyl groups excluding tert-OH is 1. The Morgan fingerprint density at radius 2 is 2.18 bits per heavy atom. The van der Waals surface area contributed by atoms with Gasteiger partial charge in [-0.25, -0.2) is 0 Å². The highest BCUT2D eigenvalue weighted by atomic mass is 16.3. The maximum atomic E-state index is 9.18. The van der Waals surface area contributed by atoms with E-state index >= 15 is 0 Å². The van der Waals surface area contributed by atoms with Crippen LogP contribution in [0.1, 0.15) is 12.8 Å². The standard InChI is InChI=1S/C9H15NO/c11-4-8-5-1-6-7(8)3-10-9(6)2-5/h5-11H,1-4H2/t5-,6-,7-,8-,9-/m1/s1. The van der Waals surface area contributed by atoms with Gasteiger partial charge in [-0.05, 0) is 43.1 Å². The number of hydrogen-bond acceptors (Lipinski definition) is 2. The van der Waals surface area contributed by atoms with Gasteiger partial charge in [0.15, 0.2) is 0 Å². The van der Waals surface area contributed by atoms with E-state index in [9.17, 15) is 5.11 Å². The van der Waals surface area contributed by atoms with E-state index in [0.717, 1.165) is 23.8 Å². The molecular weight excluding hydrogens is 138 g/mol. The molecule has 2 heteroatoms. The van der Waals surface area contributed by atoms with Crippen molar-refractivity contribution in [2.24, 2.45) is 23.7 Å². The average molecular weight is 153 g/mol. The van der Waals surface area contributed by atoms with Crippen LogP contribution >= 0.6 is 0 Å². The van der Waals surface area contributed by atoms with Crippen molar-refractivity contribution in [3.05, 3.63) is 0 Å². The minimum atomic E-state index is 0.431. The highest BCUT2D eigenvalue weighted by Gasteiger charge is 2.55. The fourth-order valence-electron chi connectivity index (χ4n) is 3.71. The van der Waals surface area contributed by atoms with Gasteiger partial charge in [-0.15, -0.1) is 0 Å². The van der Waals surface area contributed by atoms with Crippen LogP contribution in [-0.4, -0.2) is 24.3 Å². The molecule has 3 rings (SSSR count). The Bertz CT molecular complexity index is 180. The van der Waals surface area contributed by atoms with Crippen LogP contribution in [0.4, 0.5) is 0 Å². The third kappa shape index (κ3) is 0.651. The van der Waals surface area contributed by atoms with Crippen LogP contribution in [0, 0.1) is 23.7 Å². The van der Waals surface area contributed by atoms with E-state index in [1.165, 1.54) is 19.4 Å². The molecule has 1 aliphatic heterocycles. The Morgan fingerprint density at radius 1 is 1.27 bits per heavy atom. The van der Waals surface area contributed by atoms with E-state index in [2.05, 4.69) is 5.32 Å². The molecule has 0 amide bonds. The largest absolute Gasteiger partial charge is 0.396 e. The Morgan fingerprint density at radius 3 is 3.00 bits per heavy atom. The number of hydrogen-bond donors (Lipinski definition) is 2. The molecule has 2 N–H and O–H groups in total. The summed E-state index contributed by atoms with van der Waals surface area (Å²) in [5.74, 6) is 3.25. The van der Waals surface area contributed by atoms with Crippen LogP contribution in [0.25, 0.3) is 0 Å². The maximum Gasteiger partial charge on any atom is 0.0465 e. The molecule has 2 nitrogen and oxygen atoms in total. The zero-order chi connectivity index (χ0) is 7.42. The molecule has 0 aromatic rings. The Hall–Kier alpha value is -0.0800. The van der Waals surface area contributed by atoms with E-state index in [1.807, 2.05) is 0 Å². The molecule has 0 spiro atoms. The van der Waals surface area contributed by atoms with E-state index in [0.29, 0.717) is 12.5 Å². The lowest BCUT2D eigenvalue weighted by Crippen LogP contribution is -2.28. The smallest absolute Gasteiger partial charge is 0.0465 e. The fourth-order valence-corrected chi connectivity index (χ4v) is 3.71. The van der Waals surface area contributed by atoms with Gasteiger partial charge in [0.2, 0.25) is 0 Å². The van der Waals surface area contributed by atoms with Crippen molar-refractivity contribution in [2.45, 2.75) is 18.9 Å². The third-order valence-electron chi connectivity index (χ3n) is 4.18. The van der Waals surface area contributed by atoms with Gasteiger partial charge in [-0.2, -0.15) is 0 Å². The summed E-state index contributed by atoms with van der Waals surface area (Å²) in [6.45, 7) is 1.61. The summed E-state index contributed by atoms with van der Waals surface area (Å²) in [5, 5.41) is 12.7. The zero-order valence-electron chi connectivity index (χ0n) is 6.66. The van der Waals surface area contributed by atoms with Gasteiger partial charge in [-0.1, -0.05) is 0 Å². The predicted octanol–water partition coefficient (Wildman–Crippen LogP) is 0.223. The molecule has 1 saturated heterocycles. The van der Waals surface area contributed by atoms with Crippen LogP contribution < -0.4 is 5.32 Å². The molecule has 11 heavy (non-hydrogen) atoms. The zero-order valence-corrected chi connectivity index (χ0v) is 6.66. The van der Waals surface area contributed by atoms with Crippen LogP contribution in [0.15, 0.2) is 0 Å². The number of rotatable bonds is 1. The minimum absolute atomic E-state index is 0.431. The van der Waals surface area contributed by atoms with Crippen LogP contribution in [0.3, 0.4) is 0 Å². The molecule has 0 aromatic heterocycles. The second-order valence-corrected chi connectivity index (χ2v) is 4.42. The number of aliphatic hydroxyl groups is 1. The highest BCUT2D eigenvalue weighted by molar-refractivity contribution is 5.08. The summed E-state index contributed by atoms with van der Waals surface area (Å²) in [4.78, 5) is 0. The maximum absolute atomic E-state index is 9.18. The molecule has 0 unspecified atom stereocenters. The Labute approximate surface area is 67.0 Å². The predicted molar refractivity (Wildman–Crippen MR) is 42.1 cm³/mol. The summed E-state index contributed by atoms with van der Waals surface area (Å²) in [6.07, 6.45) is 2.74. The first kappa shape index (κ1) is 6.44. The van der Waals surface area contributed by atoms with Crippen LogP contribution in [-0.2, 0) is 0 Å². The van der Waals surface area contributed by atoms with E-state index in [-0.39, 0.29) is 0 Å². The fraction of sp³-hybridized carbons (Fsp3) is 1.00. The molecule has 5 atom stereocenters. The molecule has 62 valence electrons. The first-order valence-electron chi connectivity index (χ1n) is 4.74. The number of nitrogens with one attached hydrogen (secondary N) is 1. The van der Waals surface area contributed by atoms with E-state index in [1.54, 1.807) is 0 Å². The van der Waals surface area contributed by atoms with Gasteiger partial charge in [0.05, 0.1) is 0 Å². The van der Waals surface area contributed by atoms with Crippen molar-refractivity contribution in [1.82, 2.24) is 5.32 Å². The van der Waals surface area contributed by atoms with Gasteiger partial charge in [-0.3, -0.25) is 0 Å². The summed E-state index contributed by atoms with van der Waals surface area (Å²) in [5.41, 5.74) is 0. The first-order chi connectivity index (χ1) is 5.40. The number of fused-ring (bicyclic) bond motifs is 1. The lowest BCUT2D eigenvalue weighted by molar-refractivity contribution is 0.144. The molecule has 3 fully saturated rings. The molecule has 2 aliphatic carbocycles. The quantitative estimate of drug-likeness (QED) is 0.565. The Balaban J connectivity index is 1.92. The SMILES string of the molecule is OC[C@@H]1[C@@H]2C[C@@H]3[C@H]1CN[C@@H]3C2. The normalized spacial score (nSPS) is 59.2. The second kappa shape index (κ2) is 1.99. The molecule has 2 saturated carbocycles. The van der Waals surface area contributed by atoms with Gasteiger partial charge in [0.25, 0.3) is 0 Å². The third-order valence-corrected chi connectivity index (χ3v) is 4.18. The van der Waals surface area contributed by atoms with Crippen LogP contribution in [0.2, 0.25) is 0 Å². The summed E-state index contributed by atoms with van der Waals surface area (Å²) in [6, 6.07) is 0.827. The summed E-state index contributed by atoms with van der Waals surface area (Å²) < 4.78 is 0. The second-order valence-electron chi connectivity index (χ2n) is 4.42. The van der Waals surface area contributed by atoms with Gasteiger partial charge in [0, 0.05) is 12.6 Å². The van der Waals surface area contributed by atoms with E-state index in [4.69, 9.17) is 0 Å². The van der Waals surface area contributed by atoms with Gasteiger partial charge >= 0.3 is 0 Å². The minimum Gasteiger partial charge on any atom is -0.396 e. The Kier molecular flexibility index (Phi) is 1.16. The first-order valence-corrected chi connectivity index (χ1v) is 4.74. The summed E-state index contributed by atoms with van der Waals surface area (Å²) in [7, 11) is 0. The topological polar surface area (TPSA) is 32.3 Å². The highest BCUT2D eigenvalue weighted by Crippen LogP contribution is 2.54. The average Bonchev–Trinajstić information content (AvgIpc) is 2.55. The molecular formula is C9H15NO. The lowest BCUT2D eigenvalue weighted by atomic mass is 9.81. The van der Waals surface area contributed by atoms with E-state index < -0.39 is 0 Å². The molecule has 3 aliphatic rings. The van der Waals surface area contributed by atoms with Crippen molar-refractivity contribution < 1.29 is 5.11 Å². The van der Waals surface area contributed by atoms with Gasteiger partial charge < -0.3 is 10.4 Å². The molecule has 0 radical (unpaired) electrons. The monoisotopic (exact) mass is 153 g/mol. The van der Waals surface area contributed by atoms with Crippen molar-refractivity contribution in [2.75, 3.05) is 13.2 Å². The van der Waals surface area contributed by atoms with Crippen molar-refractivity contribution in [3.63, 3.8) is 0 Å². The molecule has 0 aromatic carbocycles. The van der Waals surface area contributed by atoms with Crippen molar-refractivity contribution in [1.29, 1.82) is 0 Å². The van der Waals surface area contributed by atoms with Crippen molar-refractivity contribution >= 4 is 0 Å². The molecule has 1 heterocycles. The molecule has 2 bridgehead atoms. The van der Waals surface area contributed by atoms with Crippen LogP contribution in [0.5, 0.6) is 0 Å². The summed E-state index contributed by atoms with van der Waals surface area (Å²) >= 11 is 0. The lowest BCUT2D eigenvalue weighted by Gasteiger charge is -2.25.